The van der Waals surface area contributed by atoms with Crippen LogP contribution >= 0.6 is 0 Å². The zero-order valence-electron chi connectivity index (χ0n) is 10.3. The summed E-state index contributed by atoms with van der Waals surface area (Å²) in [4.78, 5) is 24.3. The number of nitrogens with zero attached hydrogens (tertiary/aromatic N) is 1. The number of aliphatic hydroxyl groups excluding tert-OH is 1. The summed E-state index contributed by atoms with van der Waals surface area (Å²) >= 11 is 0. The number of carboxylic acids is 1. The third-order valence-corrected chi connectivity index (χ3v) is 2.93. The summed E-state index contributed by atoms with van der Waals surface area (Å²) in [5, 5.41) is 20.0. The van der Waals surface area contributed by atoms with Crippen LogP contribution in [0.15, 0.2) is 22.8 Å². The average Bonchev–Trinajstić information content (AvgIpc) is 3.09. The molecule has 19 heavy (non-hydrogen) atoms. The molecule has 0 bridgehead atoms. The Morgan fingerprint density at radius 2 is 2.26 bits per heavy atom. The summed E-state index contributed by atoms with van der Waals surface area (Å²) in [5.41, 5.74) is 0. The van der Waals surface area contributed by atoms with Crippen molar-refractivity contribution in [1.82, 2.24) is 10.2 Å². The monoisotopic (exact) mass is 268 g/mol. The van der Waals surface area contributed by atoms with E-state index in [0.717, 1.165) is 12.8 Å². The maximum atomic E-state index is 12.0. The molecule has 0 aliphatic heterocycles. The molecule has 7 heteroatoms. The van der Waals surface area contributed by atoms with E-state index in [1.807, 2.05) is 0 Å². The first kappa shape index (κ1) is 13.4. The fourth-order valence-electron chi connectivity index (χ4n) is 1.74. The van der Waals surface area contributed by atoms with E-state index in [9.17, 15) is 9.59 Å². The van der Waals surface area contributed by atoms with E-state index < -0.39 is 24.6 Å². The summed E-state index contributed by atoms with van der Waals surface area (Å²) in [6.45, 7) is -0.346. The second-order valence-corrected chi connectivity index (χ2v) is 4.46. The van der Waals surface area contributed by atoms with Gasteiger partial charge in [0.05, 0.1) is 19.4 Å². The fraction of sp³-hybridized carbons (Fsp3) is 0.500. The topological polar surface area (TPSA) is 103 Å². The van der Waals surface area contributed by atoms with Crippen molar-refractivity contribution in [3.05, 3.63) is 24.2 Å². The van der Waals surface area contributed by atoms with Crippen molar-refractivity contribution in [2.24, 2.45) is 0 Å². The molecule has 2 amide bonds. The van der Waals surface area contributed by atoms with Crippen LogP contribution < -0.4 is 5.32 Å². The lowest BCUT2D eigenvalue weighted by Crippen LogP contribution is -2.49. The van der Waals surface area contributed by atoms with Crippen LogP contribution in [-0.2, 0) is 11.3 Å². The Kier molecular flexibility index (Phi) is 4.06. The summed E-state index contributed by atoms with van der Waals surface area (Å²) in [6, 6.07) is 1.80. The smallest absolute Gasteiger partial charge is 0.328 e. The first-order chi connectivity index (χ1) is 9.11. The van der Waals surface area contributed by atoms with Gasteiger partial charge in [0, 0.05) is 6.04 Å². The number of carbonyl (C=O) groups excluding carboxylic acids is 1. The van der Waals surface area contributed by atoms with E-state index in [0.29, 0.717) is 12.3 Å². The van der Waals surface area contributed by atoms with E-state index in [4.69, 9.17) is 14.6 Å². The highest BCUT2D eigenvalue weighted by Gasteiger charge is 2.34. The van der Waals surface area contributed by atoms with Crippen molar-refractivity contribution in [3.8, 4) is 0 Å². The highest BCUT2D eigenvalue weighted by Crippen LogP contribution is 2.28. The van der Waals surface area contributed by atoms with Crippen LogP contribution in [0.25, 0.3) is 0 Å². The summed E-state index contributed by atoms with van der Waals surface area (Å²) in [7, 11) is 0. The van der Waals surface area contributed by atoms with Gasteiger partial charge in [-0.25, -0.2) is 9.59 Å². The first-order valence-electron chi connectivity index (χ1n) is 6.05. The Balaban J connectivity index is 1.98. The Hall–Kier alpha value is -2.02. The molecular weight excluding hydrogens is 252 g/mol. The molecule has 1 saturated carbocycles. The van der Waals surface area contributed by atoms with E-state index in [1.54, 1.807) is 12.1 Å². The number of urea groups is 1. The Bertz CT molecular complexity index is 441. The predicted molar refractivity (Wildman–Crippen MR) is 64.3 cm³/mol. The molecule has 0 radical (unpaired) electrons. The van der Waals surface area contributed by atoms with Crippen molar-refractivity contribution < 1.29 is 24.2 Å². The Morgan fingerprint density at radius 3 is 2.74 bits per heavy atom. The van der Waals surface area contributed by atoms with Crippen molar-refractivity contribution in [1.29, 1.82) is 0 Å². The van der Waals surface area contributed by atoms with Gasteiger partial charge in [-0.15, -0.1) is 0 Å². The molecular formula is C12H16N2O5. The van der Waals surface area contributed by atoms with Crippen molar-refractivity contribution in [3.63, 3.8) is 0 Å². The molecule has 1 atom stereocenters. The van der Waals surface area contributed by atoms with Gasteiger partial charge in [-0.2, -0.15) is 0 Å². The molecule has 1 aliphatic rings. The van der Waals surface area contributed by atoms with Crippen molar-refractivity contribution in [2.75, 3.05) is 6.61 Å². The van der Waals surface area contributed by atoms with Crippen LogP contribution in [0.4, 0.5) is 4.79 Å². The maximum Gasteiger partial charge on any atom is 0.328 e. The van der Waals surface area contributed by atoms with Gasteiger partial charge in [-0.3, -0.25) is 0 Å². The minimum Gasteiger partial charge on any atom is -0.480 e. The van der Waals surface area contributed by atoms with E-state index in [1.165, 1.54) is 11.2 Å². The van der Waals surface area contributed by atoms with Gasteiger partial charge in [-0.1, -0.05) is 0 Å². The molecule has 3 N–H and O–H groups in total. The molecule has 1 heterocycles. The molecule has 1 aromatic heterocycles. The zero-order chi connectivity index (χ0) is 13.8. The van der Waals surface area contributed by atoms with E-state index >= 15 is 0 Å². The molecule has 0 spiro atoms. The molecule has 0 unspecified atom stereocenters. The molecule has 2 rings (SSSR count). The van der Waals surface area contributed by atoms with E-state index in [-0.39, 0.29) is 6.04 Å². The fourth-order valence-corrected chi connectivity index (χ4v) is 1.74. The summed E-state index contributed by atoms with van der Waals surface area (Å²) in [5.74, 6) is -0.623. The number of carbonyl (C=O) groups is 2. The SMILES string of the molecule is O=C(O)[C@H](CO)NC(=O)N(Cc1ccco1)C1CC1. The normalized spacial score (nSPS) is 15.8. The summed E-state index contributed by atoms with van der Waals surface area (Å²) in [6.07, 6.45) is 3.31. The van der Waals surface area contributed by atoms with E-state index in [2.05, 4.69) is 5.32 Å². The molecule has 1 fully saturated rings. The zero-order valence-corrected chi connectivity index (χ0v) is 10.3. The number of furan rings is 1. The number of amides is 2. The highest BCUT2D eigenvalue weighted by atomic mass is 16.4. The largest absolute Gasteiger partial charge is 0.480 e. The number of rotatable bonds is 6. The molecule has 1 aromatic rings. The molecule has 0 aromatic carbocycles. The van der Waals surface area contributed by atoms with Crippen LogP contribution in [-0.4, -0.2) is 45.8 Å². The minimum atomic E-state index is -1.29. The number of carboxylic acid groups (broad SMARTS) is 1. The minimum absolute atomic E-state index is 0.109. The number of aliphatic carboxylic acids is 1. The quantitative estimate of drug-likeness (QED) is 0.693. The molecule has 1 aliphatic carbocycles. The Morgan fingerprint density at radius 1 is 1.53 bits per heavy atom. The Labute approximate surface area is 109 Å². The van der Waals surface area contributed by atoms with Crippen LogP contribution in [0, 0.1) is 0 Å². The second-order valence-electron chi connectivity index (χ2n) is 4.46. The van der Waals surface area contributed by atoms with Gasteiger partial charge in [-0.05, 0) is 25.0 Å². The van der Waals surface area contributed by atoms with Crippen molar-refractivity contribution in [2.45, 2.75) is 31.5 Å². The number of hydrogen-bond acceptors (Lipinski definition) is 4. The standard InChI is InChI=1S/C12H16N2O5/c15-7-10(11(16)17)13-12(18)14(8-3-4-8)6-9-2-1-5-19-9/h1-2,5,8,10,15H,3-4,6-7H2,(H,13,18)(H,16,17)/t10-/m0/s1. The average molecular weight is 268 g/mol. The lowest BCUT2D eigenvalue weighted by molar-refractivity contribution is -0.140. The van der Waals surface area contributed by atoms with Crippen LogP contribution in [0.3, 0.4) is 0 Å². The van der Waals surface area contributed by atoms with Crippen molar-refractivity contribution >= 4 is 12.0 Å². The number of hydrogen-bond donors (Lipinski definition) is 3. The molecule has 7 nitrogen and oxygen atoms in total. The van der Waals surface area contributed by atoms with Gasteiger partial charge in [0.2, 0.25) is 0 Å². The van der Waals surface area contributed by atoms with Gasteiger partial charge >= 0.3 is 12.0 Å². The predicted octanol–water partition coefficient (Wildman–Crippen LogP) is 0.399. The highest BCUT2D eigenvalue weighted by molar-refractivity contribution is 5.83. The van der Waals surface area contributed by atoms with Crippen LogP contribution in [0.2, 0.25) is 0 Å². The maximum absolute atomic E-state index is 12.0. The lowest BCUT2D eigenvalue weighted by Gasteiger charge is -2.23. The van der Waals surface area contributed by atoms with Gasteiger partial charge < -0.3 is 24.8 Å². The summed E-state index contributed by atoms with van der Waals surface area (Å²) < 4.78 is 5.18. The van der Waals surface area contributed by atoms with Crippen LogP contribution in [0.1, 0.15) is 18.6 Å². The second kappa shape index (κ2) is 5.75. The van der Waals surface area contributed by atoms with Gasteiger partial charge in [0.15, 0.2) is 6.04 Å². The van der Waals surface area contributed by atoms with Crippen LogP contribution in [0.5, 0.6) is 0 Å². The molecule has 0 saturated heterocycles. The number of nitrogens with one attached hydrogen (secondary N) is 1. The number of aliphatic hydroxyl groups is 1. The lowest BCUT2D eigenvalue weighted by atomic mass is 10.3. The first-order valence-corrected chi connectivity index (χ1v) is 6.05. The third kappa shape index (κ3) is 3.47. The van der Waals surface area contributed by atoms with Gasteiger partial charge in [0.25, 0.3) is 0 Å². The third-order valence-electron chi connectivity index (χ3n) is 2.93. The molecule has 104 valence electrons. The van der Waals surface area contributed by atoms with Gasteiger partial charge in [0.1, 0.15) is 5.76 Å².